The number of rotatable bonds is 8. The van der Waals surface area contributed by atoms with E-state index in [4.69, 9.17) is 22.1 Å². The van der Waals surface area contributed by atoms with E-state index in [1.807, 2.05) is 27.7 Å². The molecule has 1 fully saturated rings. The Morgan fingerprint density at radius 3 is 2.62 bits per heavy atom. The molecule has 12 heteroatoms. The zero-order valence-corrected chi connectivity index (χ0v) is 25.5. The number of carbonyl (C=O) groups is 2. The third-order valence-electron chi connectivity index (χ3n) is 8.08. The largest absolute Gasteiger partial charge is 0.496 e. The molecule has 42 heavy (non-hydrogen) atoms. The quantitative estimate of drug-likeness (QED) is 0.263. The van der Waals surface area contributed by atoms with Crippen LogP contribution in [0.5, 0.6) is 5.75 Å². The average molecular weight is 593 g/mol. The number of aromatic amines is 1. The van der Waals surface area contributed by atoms with Crippen molar-refractivity contribution in [1.82, 2.24) is 30.2 Å². The van der Waals surface area contributed by atoms with Crippen LogP contribution >= 0.6 is 11.6 Å². The standard InChI is InChI=1S/C30H37ClN8O3/c1-16-14-34-22(18(3)25(16)42-5)15-39-27-24(26(31)36-30(32)37-27)20(29(39)41)13-21-17(2)23(19(4)35-21)28(40)33-9-12-38-10-7-6-8-11-38/h13-14,35H,6-12,15H2,1-5H3,(H,33,40)(H2,32,36,37)/b20-13+. The van der Waals surface area contributed by atoms with Crippen LogP contribution in [-0.2, 0) is 11.3 Å². The van der Waals surface area contributed by atoms with Crippen molar-refractivity contribution in [2.45, 2.75) is 53.5 Å². The molecule has 11 nitrogen and oxygen atoms in total. The molecular formula is C30H37ClN8O3. The van der Waals surface area contributed by atoms with Crippen LogP contribution in [0.4, 0.5) is 11.8 Å². The van der Waals surface area contributed by atoms with E-state index in [2.05, 4.69) is 30.2 Å². The van der Waals surface area contributed by atoms with Crippen molar-refractivity contribution in [3.63, 3.8) is 0 Å². The number of hydrogen-bond acceptors (Lipinski definition) is 8. The molecule has 2 amide bonds. The summed E-state index contributed by atoms with van der Waals surface area (Å²) in [7, 11) is 1.61. The molecule has 5 rings (SSSR count). The minimum absolute atomic E-state index is 0.0422. The highest BCUT2D eigenvalue weighted by Gasteiger charge is 2.38. The van der Waals surface area contributed by atoms with Gasteiger partial charge in [-0.1, -0.05) is 18.0 Å². The summed E-state index contributed by atoms with van der Waals surface area (Å²) < 4.78 is 5.56. The Bertz CT molecular complexity index is 1580. The summed E-state index contributed by atoms with van der Waals surface area (Å²) in [4.78, 5) is 47.3. The molecule has 222 valence electrons. The number of nitrogens with zero attached hydrogens (tertiary/aromatic N) is 5. The van der Waals surface area contributed by atoms with E-state index in [1.54, 1.807) is 19.4 Å². The molecule has 0 radical (unpaired) electrons. The Balaban J connectivity index is 1.45. The van der Waals surface area contributed by atoms with Gasteiger partial charge in [0.2, 0.25) is 5.95 Å². The van der Waals surface area contributed by atoms with Gasteiger partial charge in [-0.15, -0.1) is 0 Å². The van der Waals surface area contributed by atoms with E-state index >= 15 is 0 Å². The lowest BCUT2D eigenvalue weighted by Crippen LogP contribution is -2.37. The number of nitrogen functional groups attached to an aromatic ring is 1. The number of aromatic nitrogens is 4. The van der Waals surface area contributed by atoms with Gasteiger partial charge in [0.1, 0.15) is 10.9 Å². The van der Waals surface area contributed by atoms with Gasteiger partial charge >= 0.3 is 0 Å². The fraction of sp³-hybridized carbons (Fsp3) is 0.433. The third kappa shape index (κ3) is 5.58. The molecule has 3 aromatic rings. The lowest BCUT2D eigenvalue weighted by atomic mass is 10.1. The van der Waals surface area contributed by atoms with Gasteiger partial charge in [-0.3, -0.25) is 19.5 Å². The van der Waals surface area contributed by atoms with E-state index in [-0.39, 0.29) is 29.5 Å². The van der Waals surface area contributed by atoms with Gasteiger partial charge < -0.3 is 25.7 Å². The number of aryl methyl sites for hydroxylation is 2. The normalized spacial score (nSPS) is 16.3. The first kappa shape index (κ1) is 29.5. The number of piperidine rings is 1. The fourth-order valence-corrected chi connectivity index (χ4v) is 6.15. The number of halogens is 1. The highest BCUT2D eigenvalue weighted by atomic mass is 35.5. The van der Waals surface area contributed by atoms with Gasteiger partial charge in [0, 0.05) is 41.8 Å². The summed E-state index contributed by atoms with van der Waals surface area (Å²) in [6, 6.07) is 0. The summed E-state index contributed by atoms with van der Waals surface area (Å²) in [5.41, 5.74) is 11.6. The Hall–Kier alpha value is -3.96. The molecule has 0 spiro atoms. The van der Waals surface area contributed by atoms with Crippen LogP contribution in [0.3, 0.4) is 0 Å². The first-order chi connectivity index (χ1) is 20.1. The summed E-state index contributed by atoms with van der Waals surface area (Å²) in [6.45, 7) is 11.2. The highest BCUT2D eigenvalue weighted by molar-refractivity contribution is 6.41. The molecule has 0 aliphatic carbocycles. The lowest BCUT2D eigenvalue weighted by Gasteiger charge is -2.26. The fourth-order valence-electron chi connectivity index (χ4n) is 5.88. The minimum Gasteiger partial charge on any atom is -0.496 e. The number of nitrogens with one attached hydrogen (secondary N) is 2. The second-order valence-electron chi connectivity index (χ2n) is 10.9. The Kier molecular flexibility index (Phi) is 8.51. The van der Waals surface area contributed by atoms with Crippen LogP contribution in [0.15, 0.2) is 6.20 Å². The highest BCUT2D eigenvalue weighted by Crippen LogP contribution is 2.42. The zero-order chi connectivity index (χ0) is 30.1. The van der Waals surface area contributed by atoms with E-state index in [1.165, 1.54) is 24.2 Å². The second kappa shape index (κ2) is 12.1. The van der Waals surface area contributed by atoms with Gasteiger partial charge in [0.05, 0.1) is 36.0 Å². The SMILES string of the molecule is COc1c(C)cnc(CN2C(=O)/C(=C/c3[nH]c(C)c(C(=O)NCCN4CCCCC4)c3C)c3c(Cl)nc(N)nc32)c1C. The van der Waals surface area contributed by atoms with Crippen LogP contribution in [0.1, 0.15) is 69.0 Å². The predicted octanol–water partition coefficient (Wildman–Crippen LogP) is 3.98. The summed E-state index contributed by atoms with van der Waals surface area (Å²) in [6.07, 6.45) is 7.10. The van der Waals surface area contributed by atoms with Crippen LogP contribution in [0, 0.1) is 27.7 Å². The molecule has 0 atom stereocenters. The minimum atomic E-state index is -0.327. The molecule has 0 unspecified atom stereocenters. The van der Waals surface area contributed by atoms with E-state index < -0.39 is 0 Å². The van der Waals surface area contributed by atoms with Gasteiger partial charge in [-0.2, -0.15) is 4.98 Å². The molecular weight excluding hydrogens is 556 g/mol. The second-order valence-corrected chi connectivity index (χ2v) is 11.2. The monoisotopic (exact) mass is 592 g/mol. The van der Waals surface area contributed by atoms with Crippen LogP contribution in [0.2, 0.25) is 5.15 Å². The van der Waals surface area contributed by atoms with Crippen LogP contribution in [-0.4, -0.2) is 69.9 Å². The smallest absolute Gasteiger partial charge is 0.260 e. The first-order valence-corrected chi connectivity index (χ1v) is 14.5. The third-order valence-corrected chi connectivity index (χ3v) is 8.35. The Morgan fingerprint density at radius 1 is 1.17 bits per heavy atom. The van der Waals surface area contributed by atoms with Crippen LogP contribution in [0.25, 0.3) is 11.6 Å². The van der Waals surface area contributed by atoms with E-state index in [9.17, 15) is 9.59 Å². The summed E-state index contributed by atoms with van der Waals surface area (Å²) >= 11 is 6.55. The number of pyridine rings is 1. The Labute approximate surface area is 250 Å². The first-order valence-electron chi connectivity index (χ1n) is 14.2. The Morgan fingerprint density at radius 2 is 1.90 bits per heavy atom. The van der Waals surface area contributed by atoms with E-state index in [0.29, 0.717) is 51.9 Å². The molecule has 0 aromatic carbocycles. The number of anilines is 2. The number of nitrogens with two attached hydrogens (primary N) is 1. The van der Waals surface area contributed by atoms with Crippen molar-refractivity contribution in [1.29, 1.82) is 0 Å². The molecule has 2 aliphatic heterocycles. The average Bonchev–Trinajstić information content (AvgIpc) is 3.38. The van der Waals surface area contributed by atoms with Gasteiger partial charge in [-0.25, -0.2) is 4.98 Å². The zero-order valence-electron chi connectivity index (χ0n) is 24.7. The van der Waals surface area contributed by atoms with Gasteiger partial charge in [0.15, 0.2) is 5.82 Å². The van der Waals surface area contributed by atoms with Crippen molar-refractivity contribution in [2.24, 2.45) is 0 Å². The number of likely N-dealkylation sites (tertiary alicyclic amines) is 1. The van der Waals surface area contributed by atoms with E-state index in [0.717, 1.165) is 36.3 Å². The summed E-state index contributed by atoms with van der Waals surface area (Å²) in [5, 5.41) is 3.13. The van der Waals surface area contributed by atoms with Crippen molar-refractivity contribution in [3.05, 3.63) is 56.2 Å². The number of carbonyl (C=O) groups excluding carboxylic acids is 2. The number of ether oxygens (including phenoxy) is 1. The molecule has 0 bridgehead atoms. The molecule has 3 aromatic heterocycles. The van der Waals surface area contributed by atoms with Crippen molar-refractivity contribution in [2.75, 3.05) is 43.9 Å². The molecule has 0 saturated carbocycles. The molecule has 5 heterocycles. The van der Waals surface area contributed by atoms with Crippen molar-refractivity contribution in [3.8, 4) is 5.75 Å². The number of fused-ring (bicyclic) bond motifs is 1. The topological polar surface area (TPSA) is 142 Å². The van der Waals surface area contributed by atoms with Gasteiger partial charge in [0.25, 0.3) is 11.8 Å². The van der Waals surface area contributed by atoms with Crippen molar-refractivity contribution < 1.29 is 14.3 Å². The number of hydrogen-bond donors (Lipinski definition) is 3. The number of amides is 2. The number of H-pyrrole nitrogens is 1. The maximum Gasteiger partial charge on any atom is 0.260 e. The molecule has 2 aliphatic rings. The maximum absolute atomic E-state index is 13.9. The van der Waals surface area contributed by atoms with Gasteiger partial charge in [-0.05, 0) is 65.3 Å². The molecule has 4 N–H and O–H groups in total. The summed E-state index contributed by atoms with van der Waals surface area (Å²) in [5.74, 6) is 0.501. The lowest BCUT2D eigenvalue weighted by molar-refractivity contribution is -0.113. The van der Waals surface area contributed by atoms with Crippen LogP contribution < -0.4 is 20.7 Å². The maximum atomic E-state index is 13.9. The molecule has 1 saturated heterocycles. The van der Waals surface area contributed by atoms with Crippen molar-refractivity contribution >= 4 is 46.8 Å². The number of methoxy groups -OCH3 is 1. The predicted molar refractivity (Wildman–Crippen MR) is 164 cm³/mol.